The van der Waals surface area contributed by atoms with E-state index < -0.39 is 15.9 Å². The molecule has 0 saturated carbocycles. The zero-order valence-electron chi connectivity index (χ0n) is 17.2. The molecule has 0 radical (unpaired) electrons. The largest absolute Gasteiger partial charge is 0.491 e. The Balaban J connectivity index is 1.88. The smallest absolute Gasteiger partial charge is 0.240 e. The van der Waals surface area contributed by atoms with Crippen LogP contribution < -0.4 is 14.4 Å². The Bertz CT molecular complexity index is 963. The van der Waals surface area contributed by atoms with Crippen LogP contribution in [0.4, 0.5) is 5.69 Å². The molecule has 2 rings (SSSR count). The van der Waals surface area contributed by atoms with E-state index in [4.69, 9.17) is 27.9 Å². The molecule has 30 heavy (non-hydrogen) atoms. The van der Waals surface area contributed by atoms with Crippen molar-refractivity contribution in [1.82, 2.24) is 5.32 Å². The molecule has 164 valence electrons. The molecule has 0 heterocycles. The minimum absolute atomic E-state index is 0.0854. The molecule has 1 amide bonds. The van der Waals surface area contributed by atoms with Crippen molar-refractivity contribution < 1.29 is 17.9 Å². The lowest BCUT2D eigenvalue weighted by Crippen LogP contribution is -2.40. The minimum atomic E-state index is -3.72. The van der Waals surface area contributed by atoms with E-state index in [1.165, 1.54) is 6.07 Å². The predicted octanol–water partition coefficient (Wildman–Crippen LogP) is 4.30. The fraction of sp³-hybridized carbons (Fsp3) is 0.381. The van der Waals surface area contributed by atoms with Crippen molar-refractivity contribution >= 4 is 44.8 Å². The second kappa shape index (κ2) is 10.9. The lowest BCUT2D eigenvalue weighted by Gasteiger charge is -2.23. The zero-order chi connectivity index (χ0) is 22.3. The Morgan fingerprint density at radius 3 is 2.40 bits per heavy atom. The van der Waals surface area contributed by atoms with Gasteiger partial charge in [-0.3, -0.25) is 9.10 Å². The number of hydrogen-bond acceptors (Lipinski definition) is 4. The number of carbonyl (C=O) groups is 1. The summed E-state index contributed by atoms with van der Waals surface area (Å²) in [4.78, 5) is 12.3. The summed E-state index contributed by atoms with van der Waals surface area (Å²) in [6.07, 6.45) is 2.63. The first-order valence-corrected chi connectivity index (χ1v) is 12.1. The van der Waals surface area contributed by atoms with Crippen LogP contribution in [0.3, 0.4) is 0 Å². The lowest BCUT2D eigenvalue weighted by atomic mass is 10.1. The maximum absolute atomic E-state index is 12.3. The van der Waals surface area contributed by atoms with Gasteiger partial charge in [0.15, 0.2) is 0 Å². The molecule has 2 aromatic carbocycles. The summed E-state index contributed by atoms with van der Waals surface area (Å²) in [5.41, 5.74) is 1.30. The topological polar surface area (TPSA) is 75.7 Å². The number of rotatable bonds is 10. The average Bonchev–Trinajstić information content (AvgIpc) is 2.66. The summed E-state index contributed by atoms with van der Waals surface area (Å²) in [6, 6.07) is 12.5. The summed E-state index contributed by atoms with van der Waals surface area (Å²) in [5, 5.41) is 3.05. The van der Waals surface area contributed by atoms with Crippen molar-refractivity contribution in [2.45, 2.75) is 32.8 Å². The van der Waals surface area contributed by atoms with Gasteiger partial charge >= 0.3 is 0 Å². The van der Waals surface area contributed by atoms with Gasteiger partial charge in [0, 0.05) is 6.54 Å². The molecule has 0 unspecified atom stereocenters. The van der Waals surface area contributed by atoms with Crippen LogP contribution in [0, 0.1) is 0 Å². The van der Waals surface area contributed by atoms with Crippen LogP contribution in [-0.4, -0.2) is 39.8 Å². The quantitative estimate of drug-likeness (QED) is 0.523. The number of amides is 1. The van der Waals surface area contributed by atoms with Gasteiger partial charge in [-0.1, -0.05) is 41.4 Å². The molecule has 9 heteroatoms. The molecule has 0 saturated heterocycles. The predicted molar refractivity (Wildman–Crippen MR) is 122 cm³/mol. The van der Waals surface area contributed by atoms with Crippen LogP contribution in [0.15, 0.2) is 42.5 Å². The Morgan fingerprint density at radius 2 is 1.80 bits per heavy atom. The third-order valence-corrected chi connectivity index (χ3v) is 6.08. The van der Waals surface area contributed by atoms with E-state index in [0.717, 1.165) is 28.3 Å². The summed E-state index contributed by atoms with van der Waals surface area (Å²) in [6.45, 7) is 3.99. The lowest BCUT2D eigenvalue weighted by molar-refractivity contribution is -0.119. The highest BCUT2D eigenvalue weighted by Gasteiger charge is 2.23. The van der Waals surface area contributed by atoms with Crippen LogP contribution >= 0.6 is 23.2 Å². The van der Waals surface area contributed by atoms with Crippen LogP contribution in [0.25, 0.3) is 0 Å². The second-order valence-electron chi connectivity index (χ2n) is 7.11. The van der Waals surface area contributed by atoms with Gasteiger partial charge in [-0.25, -0.2) is 8.42 Å². The average molecular weight is 473 g/mol. The van der Waals surface area contributed by atoms with Crippen LogP contribution in [0.5, 0.6) is 5.75 Å². The SMILES string of the molecule is CC(C)Oc1ccc(CCCNC(=O)CN(c2cccc(Cl)c2Cl)S(C)(=O)=O)cc1. The van der Waals surface area contributed by atoms with E-state index in [-0.39, 0.29) is 28.4 Å². The fourth-order valence-corrected chi connectivity index (χ4v) is 4.09. The van der Waals surface area contributed by atoms with Gasteiger partial charge in [0.25, 0.3) is 0 Å². The monoisotopic (exact) mass is 472 g/mol. The zero-order valence-corrected chi connectivity index (χ0v) is 19.5. The molecule has 2 aromatic rings. The normalized spacial score (nSPS) is 11.4. The molecule has 0 spiro atoms. The molecule has 1 N–H and O–H groups in total. The Kier molecular flexibility index (Phi) is 8.82. The summed E-state index contributed by atoms with van der Waals surface area (Å²) in [7, 11) is -3.72. The van der Waals surface area contributed by atoms with Crippen LogP contribution in [-0.2, 0) is 21.2 Å². The van der Waals surface area contributed by atoms with Crippen molar-refractivity contribution in [3.8, 4) is 5.75 Å². The summed E-state index contributed by atoms with van der Waals surface area (Å²) >= 11 is 12.1. The van der Waals surface area contributed by atoms with Gasteiger partial charge in [0.05, 0.1) is 28.1 Å². The molecular formula is C21H26Cl2N2O4S. The number of halogens is 2. The number of nitrogens with one attached hydrogen (secondary N) is 1. The molecule has 0 atom stereocenters. The van der Waals surface area contributed by atoms with Gasteiger partial charge in [-0.2, -0.15) is 0 Å². The third kappa shape index (κ3) is 7.38. The molecule has 0 fully saturated rings. The van der Waals surface area contributed by atoms with Crippen molar-refractivity contribution in [1.29, 1.82) is 0 Å². The van der Waals surface area contributed by atoms with Gasteiger partial charge in [0.1, 0.15) is 12.3 Å². The van der Waals surface area contributed by atoms with Crippen molar-refractivity contribution in [3.63, 3.8) is 0 Å². The summed E-state index contributed by atoms with van der Waals surface area (Å²) < 4.78 is 30.9. The van der Waals surface area contributed by atoms with Crippen LogP contribution in [0.2, 0.25) is 10.0 Å². The Labute approximate surface area is 188 Å². The van der Waals surface area contributed by atoms with Crippen LogP contribution in [0.1, 0.15) is 25.8 Å². The molecule has 6 nitrogen and oxygen atoms in total. The van der Waals surface area contributed by atoms with Crippen molar-refractivity contribution in [2.75, 3.05) is 23.7 Å². The number of anilines is 1. The standard InChI is InChI=1S/C21H26Cl2N2O4S/c1-15(2)29-17-11-9-16(10-12-17)6-5-13-24-20(26)14-25(30(3,27)28)19-8-4-7-18(22)21(19)23/h4,7-12,15H,5-6,13-14H2,1-3H3,(H,24,26). The van der Waals surface area contributed by atoms with Gasteiger partial charge in [-0.05, 0) is 56.5 Å². The molecule has 0 aliphatic carbocycles. The van der Waals surface area contributed by atoms with E-state index in [0.29, 0.717) is 13.0 Å². The number of aryl methyl sites for hydroxylation is 1. The number of hydrogen-bond donors (Lipinski definition) is 1. The second-order valence-corrected chi connectivity index (χ2v) is 9.80. The highest BCUT2D eigenvalue weighted by atomic mass is 35.5. The number of carbonyl (C=O) groups excluding carboxylic acids is 1. The Morgan fingerprint density at radius 1 is 1.13 bits per heavy atom. The van der Waals surface area contributed by atoms with E-state index in [9.17, 15) is 13.2 Å². The van der Waals surface area contributed by atoms with E-state index >= 15 is 0 Å². The number of ether oxygens (including phenoxy) is 1. The minimum Gasteiger partial charge on any atom is -0.491 e. The van der Waals surface area contributed by atoms with Gasteiger partial charge in [0.2, 0.25) is 15.9 Å². The van der Waals surface area contributed by atoms with E-state index in [1.807, 2.05) is 38.1 Å². The maximum atomic E-state index is 12.3. The maximum Gasteiger partial charge on any atom is 0.240 e. The molecule has 0 aliphatic rings. The third-order valence-electron chi connectivity index (χ3n) is 4.15. The highest BCUT2D eigenvalue weighted by Crippen LogP contribution is 2.33. The number of nitrogens with zero attached hydrogens (tertiary/aromatic N) is 1. The first-order chi connectivity index (χ1) is 14.1. The van der Waals surface area contributed by atoms with E-state index in [1.54, 1.807) is 12.1 Å². The molecule has 0 bridgehead atoms. The first-order valence-electron chi connectivity index (χ1n) is 9.52. The van der Waals surface area contributed by atoms with E-state index in [2.05, 4.69) is 5.32 Å². The van der Waals surface area contributed by atoms with Gasteiger partial charge < -0.3 is 10.1 Å². The highest BCUT2D eigenvalue weighted by molar-refractivity contribution is 7.92. The number of sulfonamides is 1. The Hall–Kier alpha value is -1.96. The number of benzene rings is 2. The van der Waals surface area contributed by atoms with Crippen molar-refractivity contribution in [3.05, 3.63) is 58.1 Å². The molecular weight excluding hydrogens is 447 g/mol. The summed E-state index contributed by atoms with van der Waals surface area (Å²) in [5.74, 6) is 0.403. The molecule has 0 aliphatic heterocycles. The fourth-order valence-electron chi connectivity index (χ4n) is 2.78. The van der Waals surface area contributed by atoms with Crippen molar-refractivity contribution in [2.24, 2.45) is 0 Å². The first kappa shape index (κ1) is 24.3. The molecule has 0 aromatic heterocycles. The van der Waals surface area contributed by atoms with Gasteiger partial charge in [-0.15, -0.1) is 0 Å².